The molecule has 0 aliphatic heterocycles. The number of phenolic OH excluding ortho intramolecular Hbond substituents is 1. The molecule has 0 unspecified atom stereocenters. The van der Waals surface area contributed by atoms with Gasteiger partial charge in [-0.1, -0.05) is 71.2 Å². The Hall–Kier alpha value is -3.02. The summed E-state index contributed by atoms with van der Waals surface area (Å²) in [5.41, 5.74) is 4.02. The van der Waals surface area contributed by atoms with Gasteiger partial charge in [0.25, 0.3) is 0 Å². The molecule has 6 heteroatoms. The van der Waals surface area contributed by atoms with E-state index >= 15 is 0 Å². The molecule has 190 valence electrons. The highest BCUT2D eigenvalue weighted by molar-refractivity contribution is 6.01. The second-order valence-corrected chi connectivity index (χ2v) is 10.7. The Morgan fingerprint density at radius 1 is 0.971 bits per heavy atom. The van der Waals surface area contributed by atoms with E-state index in [0.29, 0.717) is 18.1 Å². The van der Waals surface area contributed by atoms with Gasteiger partial charge in [-0.05, 0) is 59.4 Å². The number of benzene rings is 2. The molecule has 0 atom stereocenters. The van der Waals surface area contributed by atoms with Crippen LogP contribution in [0.5, 0.6) is 11.5 Å². The summed E-state index contributed by atoms with van der Waals surface area (Å²) in [5.74, 6) is -0.397. The first-order valence-electron chi connectivity index (χ1n) is 12.6. The molecule has 0 bridgehead atoms. The van der Waals surface area contributed by atoms with Gasteiger partial charge in [0, 0.05) is 11.6 Å². The number of nitrogens with zero attached hydrogens (tertiary/aromatic N) is 1. The Bertz CT molecular complexity index is 1070. The fourth-order valence-electron chi connectivity index (χ4n) is 4.64. The van der Waals surface area contributed by atoms with Crippen LogP contribution in [0.2, 0.25) is 0 Å². The molecular formula is C29H39NO5. The van der Waals surface area contributed by atoms with Crippen molar-refractivity contribution in [2.24, 2.45) is 5.16 Å². The fraction of sp³-hybridized carbons (Fsp3) is 0.517. The molecule has 1 aliphatic carbocycles. The summed E-state index contributed by atoms with van der Waals surface area (Å²) in [7, 11) is 0. The summed E-state index contributed by atoms with van der Waals surface area (Å²) >= 11 is 0. The normalized spacial score (nSPS) is 16.4. The maximum atomic E-state index is 12.2. The average Bonchev–Trinajstić information content (AvgIpc) is 2.82. The average molecular weight is 482 g/mol. The van der Waals surface area contributed by atoms with Crippen LogP contribution in [-0.2, 0) is 15.6 Å². The third kappa shape index (κ3) is 6.36. The van der Waals surface area contributed by atoms with Gasteiger partial charge in [-0.3, -0.25) is 0 Å². The minimum Gasteiger partial charge on any atom is -0.507 e. The Morgan fingerprint density at radius 3 is 2.34 bits per heavy atom. The molecule has 2 aromatic carbocycles. The molecule has 0 amide bonds. The van der Waals surface area contributed by atoms with Gasteiger partial charge in [-0.25, -0.2) is 4.79 Å². The lowest BCUT2D eigenvalue weighted by atomic mass is 9.63. The van der Waals surface area contributed by atoms with E-state index in [4.69, 9.17) is 9.47 Å². The molecule has 6 nitrogen and oxygen atoms in total. The highest BCUT2D eigenvalue weighted by Gasteiger charge is 2.37. The molecule has 0 saturated heterocycles. The number of carbonyl (C=O) groups is 1. The van der Waals surface area contributed by atoms with Crippen LogP contribution in [0.3, 0.4) is 0 Å². The summed E-state index contributed by atoms with van der Waals surface area (Å²) in [4.78, 5) is 12.2. The van der Waals surface area contributed by atoms with Gasteiger partial charge in [0.15, 0.2) is 0 Å². The number of hydrogen-bond acceptors (Lipinski definition) is 6. The molecule has 2 aromatic rings. The number of hydrogen-bond donors (Lipinski definition) is 2. The molecule has 3 rings (SSSR count). The van der Waals surface area contributed by atoms with E-state index < -0.39 is 5.97 Å². The van der Waals surface area contributed by atoms with Crippen LogP contribution in [0.15, 0.2) is 41.6 Å². The van der Waals surface area contributed by atoms with Gasteiger partial charge in [-0.15, -0.1) is 0 Å². The third-order valence-corrected chi connectivity index (χ3v) is 7.10. The van der Waals surface area contributed by atoms with Crippen molar-refractivity contribution in [1.29, 1.82) is 0 Å². The number of phenols is 1. The van der Waals surface area contributed by atoms with Gasteiger partial charge >= 0.3 is 5.97 Å². The van der Waals surface area contributed by atoms with E-state index in [1.165, 1.54) is 23.3 Å². The number of esters is 1. The van der Waals surface area contributed by atoms with Gasteiger partial charge in [0.05, 0.1) is 6.61 Å². The van der Waals surface area contributed by atoms with Crippen molar-refractivity contribution < 1.29 is 24.6 Å². The summed E-state index contributed by atoms with van der Waals surface area (Å²) < 4.78 is 11.0. The number of rotatable bonds is 10. The zero-order valence-electron chi connectivity index (χ0n) is 21.7. The molecule has 0 heterocycles. The predicted molar refractivity (Wildman–Crippen MR) is 138 cm³/mol. The van der Waals surface area contributed by atoms with Crippen molar-refractivity contribution in [2.45, 2.75) is 84.0 Å². The molecule has 0 fully saturated rings. The number of carbonyl (C=O) groups excluding carboxylic acids is 1. The quantitative estimate of drug-likeness (QED) is 0.129. The molecule has 35 heavy (non-hydrogen) atoms. The van der Waals surface area contributed by atoms with E-state index in [1.54, 1.807) is 6.07 Å². The van der Waals surface area contributed by atoms with Crippen molar-refractivity contribution in [3.8, 4) is 11.5 Å². The first-order chi connectivity index (χ1) is 16.6. The summed E-state index contributed by atoms with van der Waals surface area (Å²) in [6.07, 6.45) is 6.25. The fourth-order valence-corrected chi connectivity index (χ4v) is 4.64. The third-order valence-electron chi connectivity index (χ3n) is 7.10. The van der Waals surface area contributed by atoms with E-state index in [-0.39, 0.29) is 28.7 Å². The van der Waals surface area contributed by atoms with Gasteiger partial charge < -0.3 is 19.8 Å². The molecule has 0 radical (unpaired) electrons. The van der Waals surface area contributed by atoms with E-state index in [0.717, 1.165) is 44.1 Å². The first-order valence-corrected chi connectivity index (χ1v) is 12.6. The van der Waals surface area contributed by atoms with Crippen LogP contribution in [0.25, 0.3) is 0 Å². The zero-order valence-corrected chi connectivity index (χ0v) is 21.7. The first kappa shape index (κ1) is 26.6. The number of unbranched alkanes of at least 4 members (excludes halogenated alkanes) is 3. The topological polar surface area (TPSA) is 88.4 Å². The lowest BCUT2D eigenvalue weighted by molar-refractivity contribution is 0.0494. The number of oxime groups is 1. The van der Waals surface area contributed by atoms with Crippen LogP contribution in [-0.4, -0.2) is 35.2 Å². The summed E-state index contributed by atoms with van der Waals surface area (Å²) in [6.45, 7) is 11.5. The molecule has 0 spiro atoms. The maximum absolute atomic E-state index is 12.2. The molecule has 0 aromatic heterocycles. The Balaban J connectivity index is 1.67. The lowest BCUT2D eigenvalue weighted by Gasteiger charge is -2.42. The largest absolute Gasteiger partial charge is 0.507 e. The second-order valence-electron chi connectivity index (χ2n) is 10.7. The van der Waals surface area contributed by atoms with E-state index in [1.807, 2.05) is 6.07 Å². The highest BCUT2D eigenvalue weighted by Crippen LogP contribution is 2.46. The minimum absolute atomic E-state index is 0.0137. The van der Waals surface area contributed by atoms with Gasteiger partial charge in [0.1, 0.15) is 29.4 Å². The number of fused-ring (bicyclic) bond motifs is 1. The standard InChI is InChI=1S/C29H39NO5/c1-6-7-8-9-16-34-27(32)22-12-11-21(18-26(22)31)35-19-25(30-33)20-10-13-23-24(17-20)29(4,5)15-14-28(23,2)3/h10-13,17-18,31,33H,6-9,14-16,19H2,1-5H3. The summed E-state index contributed by atoms with van der Waals surface area (Å²) in [5, 5.41) is 23.5. The van der Waals surface area contributed by atoms with Crippen molar-refractivity contribution in [2.75, 3.05) is 13.2 Å². The minimum atomic E-state index is -0.553. The van der Waals surface area contributed by atoms with Crippen LogP contribution in [0, 0.1) is 0 Å². The second kappa shape index (κ2) is 11.1. The zero-order chi connectivity index (χ0) is 25.6. The number of aromatic hydroxyl groups is 1. The molecule has 1 aliphatic rings. The van der Waals surface area contributed by atoms with Crippen molar-refractivity contribution in [3.63, 3.8) is 0 Å². The van der Waals surface area contributed by atoms with E-state index in [9.17, 15) is 15.1 Å². The Kier molecular flexibility index (Phi) is 8.47. The van der Waals surface area contributed by atoms with Gasteiger partial charge in [0.2, 0.25) is 0 Å². The van der Waals surface area contributed by atoms with Crippen molar-refractivity contribution in [3.05, 3.63) is 58.7 Å². The SMILES string of the molecule is CCCCCCOC(=O)c1ccc(OCC(=NO)c2ccc3c(c2)C(C)(C)CCC3(C)C)cc1O. The molecule has 2 N–H and O–H groups in total. The van der Waals surface area contributed by atoms with Crippen molar-refractivity contribution in [1.82, 2.24) is 0 Å². The predicted octanol–water partition coefficient (Wildman–Crippen LogP) is 6.74. The lowest BCUT2D eigenvalue weighted by Crippen LogP contribution is -2.34. The highest BCUT2D eigenvalue weighted by atomic mass is 16.5. The smallest absolute Gasteiger partial charge is 0.341 e. The maximum Gasteiger partial charge on any atom is 0.341 e. The van der Waals surface area contributed by atoms with Crippen molar-refractivity contribution >= 4 is 11.7 Å². The van der Waals surface area contributed by atoms with Crippen LogP contribution >= 0.6 is 0 Å². The van der Waals surface area contributed by atoms with Crippen LogP contribution in [0.1, 0.15) is 100 Å². The van der Waals surface area contributed by atoms with Crippen LogP contribution < -0.4 is 4.74 Å². The molecule has 0 saturated carbocycles. The number of ether oxygens (including phenoxy) is 2. The van der Waals surface area contributed by atoms with E-state index in [2.05, 4.69) is 51.9 Å². The molecular weight excluding hydrogens is 442 g/mol. The van der Waals surface area contributed by atoms with Crippen LogP contribution in [0.4, 0.5) is 0 Å². The Labute approximate surface area is 209 Å². The Morgan fingerprint density at radius 2 is 1.69 bits per heavy atom. The van der Waals surface area contributed by atoms with Gasteiger partial charge in [-0.2, -0.15) is 0 Å². The summed E-state index contributed by atoms with van der Waals surface area (Å²) in [6, 6.07) is 10.7. The monoisotopic (exact) mass is 481 g/mol.